The van der Waals surface area contributed by atoms with Crippen LogP contribution in [0.3, 0.4) is 0 Å². The molecule has 0 aromatic carbocycles. The molecule has 4 nitrogen and oxygen atoms in total. The average molecular weight is 197 g/mol. The van der Waals surface area contributed by atoms with Crippen molar-refractivity contribution in [1.29, 1.82) is 0 Å². The molecular weight excluding hydrogens is 178 g/mol. The quantitative estimate of drug-likeness (QED) is 0.755. The Hall–Kier alpha value is -1.03. The Bertz CT molecular complexity index is 260. The zero-order valence-corrected chi connectivity index (χ0v) is 9.16. The lowest BCUT2D eigenvalue weighted by atomic mass is 10.2. The van der Waals surface area contributed by atoms with Crippen LogP contribution >= 0.6 is 0 Å². The van der Waals surface area contributed by atoms with Gasteiger partial charge in [-0.2, -0.15) is 5.10 Å². The van der Waals surface area contributed by atoms with E-state index in [9.17, 15) is 0 Å². The second kappa shape index (κ2) is 5.65. The zero-order chi connectivity index (χ0) is 10.4. The van der Waals surface area contributed by atoms with Gasteiger partial charge >= 0.3 is 0 Å². The molecule has 4 heteroatoms. The molecule has 0 fully saturated rings. The van der Waals surface area contributed by atoms with E-state index >= 15 is 0 Å². The maximum Gasteiger partial charge on any atom is 0.0729 e. The topological polar surface area (TPSA) is 39.1 Å². The standard InChI is InChI=1S/C10H19N3O/c1-4-9(8-14-3)12-10-6-11-13(5-2)7-10/h6-7,9,12H,4-5,8H2,1-3H3. The number of aryl methyl sites for hydroxylation is 1. The first-order valence-electron chi connectivity index (χ1n) is 5.08. The molecule has 1 N–H and O–H groups in total. The summed E-state index contributed by atoms with van der Waals surface area (Å²) < 4.78 is 7.02. The third kappa shape index (κ3) is 3.03. The van der Waals surface area contributed by atoms with Gasteiger partial charge in [0.25, 0.3) is 0 Å². The minimum absolute atomic E-state index is 0.370. The van der Waals surface area contributed by atoms with Gasteiger partial charge in [-0.15, -0.1) is 0 Å². The van der Waals surface area contributed by atoms with Gasteiger partial charge in [-0.1, -0.05) is 6.92 Å². The average Bonchev–Trinajstić information content (AvgIpc) is 2.65. The van der Waals surface area contributed by atoms with Crippen molar-refractivity contribution in [1.82, 2.24) is 9.78 Å². The van der Waals surface area contributed by atoms with Crippen molar-refractivity contribution < 1.29 is 4.74 Å². The number of rotatable bonds is 6. The molecule has 0 aliphatic rings. The van der Waals surface area contributed by atoms with Crippen molar-refractivity contribution >= 4 is 5.69 Å². The molecule has 1 aromatic heterocycles. The van der Waals surface area contributed by atoms with Gasteiger partial charge in [0.1, 0.15) is 0 Å². The van der Waals surface area contributed by atoms with Crippen molar-refractivity contribution in [3.63, 3.8) is 0 Å². The Morgan fingerprint density at radius 2 is 2.36 bits per heavy atom. The number of hydrogen-bond donors (Lipinski definition) is 1. The molecule has 0 aliphatic carbocycles. The van der Waals surface area contributed by atoms with Gasteiger partial charge < -0.3 is 10.1 Å². The molecule has 1 unspecified atom stereocenters. The summed E-state index contributed by atoms with van der Waals surface area (Å²) in [6.07, 6.45) is 4.91. The third-order valence-corrected chi connectivity index (χ3v) is 2.19. The Morgan fingerprint density at radius 3 is 2.86 bits per heavy atom. The van der Waals surface area contributed by atoms with Gasteiger partial charge in [0.05, 0.1) is 18.5 Å². The second-order valence-electron chi connectivity index (χ2n) is 3.29. The molecule has 0 bridgehead atoms. The fourth-order valence-electron chi connectivity index (χ4n) is 1.31. The van der Waals surface area contributed by atoms with E-state index in [1.54, 1.807) is 7.11 Å². The Kier molecular flexibility index (Phi) is 4.46. The number of nitrogens with one attached hydrogen (secondary N) is 1. The Morgan fingerprint density at radius 1 is 1.57 bits per heavy atom. The van der Waals surface area contributed by atoms with Crippen LogP contribution in [-0.4, -0.2) is 29.5 Å². The van der Waals surface area contributed by atoms with Crippen LogP contribution in [0.2, 0.25) is 0 Å². The molecular formula is C10H19N3O. The highest BCUT2D eigenvalue weighted by atomic mass is 16.5. The lowest BCUT2D eigenvalue weighted by Crippen LogP contribution is -2.23. The third-order valence-electron chi connectivity index (χ3n) is 2.19. The summed E-state index contributed by atoms with van der Waals surface area (Å²) >= 11 is 0. The SMILES string of the molecule is CCC(COC)Nc1cnn(CC)c1. The van der Waals surface area contributed by atoms with Crippen LogP contribution in [0.4, 0.5) is 5.69 Å². The van der Waals surface area contributed by atoms with E-state index in [1.807, 2.05) is 17.1 Å². The van der Waals surface area contributed by atoms with Crippen LogP contribution in [0.15, 0.2) is 12.4 Å². The van der Waals surface area contributed by atoms with E-state index in [1.165, 1.54) is 0 Å². The van der Waals surface area contributed by atoms with Gasteiger partial charge in [0, 0.05) is 25.9 Å². The van der Waals surface area contributed by atoms with Crippen molar-refractivity contribution in [2.24, 2.45) is 0 Å². The molecule has 0 spiro atoms. The largest absolute Gasteiger partial charge is 0.383 e. The first-order valence-corrected chi connectivity index (χ1v) is 5.08. The van der Waals surface area contributed by atoms with Crippen molar-refractivity contribution in [2.45, 2.75) is 32.9 Å². The van der Waals surface area contributed by atoms with E-state index < -0.39 is 0 Å². The molecule has 0 amide bonds. The van der Waals surface area contributed by atoms with Crippen LogP contribution in [0.1, 0.15) is 20.3 Å². The molecule has 0 aliphatic heterocycles. The van der Waals surface area contributed by atoms with E-state index in [0.717, 1.165) is 25.3 Å². The number of anilines is 1. The Balaban J connectivity index is 2.48. The Labute approximate surface area is 85.3 Å². The van der Waals surface area contributed by atoms with Crippen LogP contribution in [-0.2, 0) is 11.3 Å². The highest BCUT2D eigenvalue weighted by Gasteiger charge is 2.06. The van der Waals surface area contributed by atoms with Gasteiger partial charge in [0.15, 0.2) is 0 Å². The molecule has 1 rings (SSSR count). The fourth-order valence-corrected chi connectivity index (χ4v) is 1.31. The van der Waals surface area contributed by atoms with E-state index in [0.29, 0.717) is 6.04 Å². The fraction of sp³-hybridized carbons (Fsp3) is 0.700. The second-order valence-corrected chi connectivity index (χ2v) is 3.29. The summed E-state index contributed by atoms with van der Waals surface area (Å²) in [5, 5.41) is 7.57. The molecule has 0 saturated heterocycles. The summed E-state index contributed by atoms with van der Waals surface area (Å²) in [5.41, 5.74) is 1.07. The number of nitrogens with zero attached hydrogens (tertiary/aromatic N) is 2. The minimum Gasteiger partial charge on any atom is -0.383 e. The van der Waals surface area contributed by atoms with Gasteiger partial charge in [0.2, 0.25) is 0 Å². The van der Waals surface area contributed by atoms with Crippen LogP contribution in [0.25, 0.3) is 0 Å². The van der Waals surface area contributed by atoms with Crippen molar-refractivity contribution in [2.75, 3.05) is 19.0 Å². The predicted molar refractivity (Wildman–Crippen MR) is 57.5 cm³/mol. The molecule has 80 valence electrons. The number of methoxy groups -OCH3 is 1. The summed E-state index contributed by atoms with van der Waals surface area (Å²) in [5.74, 6) is 0. The van der Waals surface area contributed by atoms with Crippen molar-refractivity contribution in [3.05, 3.63) is 12.4 Å². The number of hydrogen-bond acceptors (Lipinski definition) is 3. The molecule has 14 heavy (non-hydrogen) atoms. The molecule has 1 heterocycles. The summed E-state index contributed by atoms with van der Waals surface area (Å²) in [6.45, 7) is 5.85. The van der Waals surface area contributed by atoms with Crippen molar-refractivity contribution in [3.8, 4) is 0 Å². The van der Waals surface area contributed by atoms with E-state index in [-0.39, 0.29) is 0 Å². The molecule has 1 aromatic rings. The predicted octanol–water partition coefficient (Wildman–Crippen LogP) is 1.74. The highest BCUT2D eigenvalue weighted by molar-refractivity contribution is 5.39. The van der Waals surface area contributed by atoms with Crippen LogP contribution in [0, 0.1) is 0 Å². The first-order chi connectivity index (χ1) is 6.80. The summed E-state index contributed by atoms with van der Waals surface area (Å²) in [7, 11) is 1.72. The van der Waals surface area contributed by atoms with Crippen LogP contribution in [0.5, 0.6) is 0 Å². The molecule has 0 saturated carbocycles. The number of aromatic nitrogens is 2. The smallest absolute Gasteiger partial charge is 0.0729 e. The summed E-state index contributed by atoms with van der Waals surface area (Å²) in [6, 6.07) is 0.370. The minimum atomic E-state index is 0.370. The maximum absolute atomic E-state index is 5.11. The van der Waals surface area contributed by atoms with Gasteiger partial charge in [-0.3, -0.25) is 4.68 Å². The van der Waals surface area contributed by atoms with E-state index in [4.69, 9.17) is 4.74 Å². The number of ether oxygens (including phenoxy) is 1. The van der Waals surface area contributed by atoms with E-state index in [2.05, 4.69) is 24.3 Å². The summed E-state index contributed by atoms with van der Waals surface area (Å²) in [4.78, 5) is 0. The molecule has 0 radical (unpaired) electrons. The maximum atomic E-state index is 5.11. The monoisotopic (exact) mass is 197 g/mol. The highest BCUT2D eigenvalue weighted by Crippen LogP contribution is 2.08. The lowest BCUT2D eigenvalue weighted by Gasteiger charge is -2.15. The normalized spacial score (nSPS) is 12.8. The molecule has 1 atom stereocenters. The lowest BCUT2D eigenvalue weighted by molar-refractivity contribution is 0.184. The van der Waals surface area contributed by atoms with Gasteiger partial charge in [-0.05, 0) is 13.3 Å². The first kappa shape index (κ1) is 11.0. The van der Waals surface area contributed by atoms with Gasteiger partial charge in [-0.25, -0.2) is 0 Å². The van der Waals surface area contributed by atoms with Crippen LogP contribution < -0.4 is 5.32 Å². The zero-order valence-electron chi connectivity index (χ0n) is 9.16.